The van der Waals surface area contributed by atoms with E-state index in [0.29, 0.717) is 23.8 Å². The van der Waals surface area contributed by atoms with Gasteiger partial charge in [0.25, 0.3) is 5.91 Å². The highest BCUT2D eigenvalue weighted by Gasteiger charge is 2.24. The summed E-state index contributed by atoms with van der Waals surface area (Å²) in [6, 6.07) is 18.2. The maximum absolute atomic E-state index is 12.6. The van der Waals surface area contributed by atoms with Gasteiger partial charge in [-0.1, -0.05) is 36.0 Å². The van der Waals surface area contributed by atoms with Crippen molar-refractivity contribution in [1.29, 1.82) is 0 Å². The Bertz CT molecular complexity index is 1370. The zero-order valence-corrected chi connectivity index (χ0v) is 20.9. The molecule has 8 heteroatoms. The molecule has 1 amide bonds. The van der Waals surface area contributed by atoms with Crippen LogP contribution in [0.3, 0.4) is 0 Å². The molecule has 0 atom stereocenters. The fourth-order valence-corrected chi connectivity index (χ4v) is 4.65. The van der Waals surface area contributed by atoms with Crippen LogP contribution in [0.1, 0.15) is 42.6 Å². The number of fused-ring (bicyclic) bond motifs is 1. The van der Waals surface area contributed by atoms with E-state index in [-0.39, 0.29) is 5.91 Å². The molecule has 5 rings (SSSR count). The summed E-state index contributed by atoms with van der Waals surface area (Å²) in [6.07, 6.45) is 3.92. The molecule has 35 heavy (non-hydrogen) atoms. The SMILES string of the molecule is Cc1cc(-c2cnc3c(NCC(C)(C)O)cc(Sc4ccccc4)nn23)ccc1C(=O)NC1CC1. The second-order valence-electron chi connectivity index (χ2n) is 9.63. The summed E-state index contributed by atoms with van der Waals surface area (Å²) < 4.78 is 1.83. The molecule has 7 nitrogen and oxygen atoms in total. The number of aliphatic hydroxyl groups is 1. The Morgan fingerprint density at radius 2 is 1.94 bits per heavy atom. The van der Waals surface area contributed by atoms with Crippen molar-refractivity contribution in [2.75, 3.05) is 11.9 Å². The van der Waals surface area contributed by atoms with Gasteiger partial charge in [-0.25, -0.2) is 9.50 Å². The molecular weight excluding hydrogens is 458 g/mol. The summed E-state index contributed by atoms with van der Waals surface area (Å²) >= 11 is 1.56. The van der Waals surface area contributed by atoms with Gasteiger partial charge in [0.2, 0.25) is 0 Å². The summed E-state index contributed by atoms with van der Waals surface area (Å²) in [5.74, 6) is -0.0209. The van der Waals surface area contributed by atoms with E-state index in [0.717, 1.165) is 45.3 Å². The number of anilines is 1. The van der Waals surface area contributed by atoms with E-state index >= 15 is 0 Å². The molecule has 0 radical (unpaired) electrons. The number of benzene rings is 2. The highest BCUT2D eigenvalue weighted by Crippen LogP contribution is 2.32. The number of imidazole rings is 1. The van der Waals surface area contributed by atoms with E-state index in [4.69, 9.17) is 5.10 Å². The van der Waals surface area contributed by atoms with Gasteiger partial charge in [-0.2, -0.15) is 5.10 Å². The number of carbonyl (C=O) groups is 1. The smallest absolute Gasteiger partial charge is 0.251 e. The maximum atomic E-state index is 12.6. The molecule has 2 heterocycles. The quantitative estimate of drug-likeness (QED) is 0.326. The molecule has 1 saturated carbocycles. The molecule has 0 bridgehead atoms. The van der Waals surface area contributed by atoms with Crippen LogP contribution in [0.25, 0.3) is 16.9 Å². The highest BCUT2D eigenvalue weighted by molar-refractivity contribution is 7.99. The predicted molar refractivity (Wildman–Crippen MR) is 139 cm³/mol. The van der Waals surface area contributed by atoms with E-state index in [1.165, 1.54) is 0 Å². The fraction of sp³-hybridized carbons (Fsp3) is 0.296. The van der Waals surface area contributed by atoms with E-state index < -0.39 is 5.60 Å². The van der Waals surface area contributed by atoms with Crippen LogP contribution < -0.4 is 10.6 Å². The minimum Gasteiger partial charge on any atom is -0.389 e. The number of hydrogen-bond donors (Lipinski definition) is 3. The second kappa shape index (κ2) is 9.36. The number of carbonyl (C=O) groups excluding carboxylic acids is 1. The molecule has 2 aromatic heterocycles. The van der Waals surface area contributed by atoms with Crippen molar-refractivity contribution < 1.29 is 9.90 Å². The van der Waals surface area contributed by atoms with Crippen LogP contribution >= 0.6 is 11.8 Å². The van der Waals surface area contributed by atoms with Gasteiger partial charge in [0.05, 0.1) is 23.2 Å². The largest absolute Gasteiger partial charge is 0.389 e. The Morgan fingerprint density at radius 1 is 1.17 bits per heavy atom. The second-order valence-corrected chi connectivity index (χ2v) is 10.7. The zero-order chi connectivity index (χ0) is 24.6. The Balaban J connectivity index is 1.53. The van der Waals surface area contributed by atoms with Gasteiger partial charge in [-0.3, -0.25) is 4.79 Å². The van der Waals surface area contributed by atoms with Gasteiger partial charge in [0, 0.05) is 28.6 Å². The van der Waals surface area contributed by atoms with Crippen LogP contribution in [0, 0.1) is 6.92 Å². The number of rotatable bonds is 8. The first kappa shape index (κ1) is 23.4. The summed E-state index contributed by atoms with van der Waals surface area (Å²) in [5, 5.41) is 22.3. The van der Waals surface area contributed by atoms with Crippen molar-refractivity contribution in [2.45, 2.75) is 55.2 Å². The van der Waals surface area contributed by atoms with Gasteiger partial charge < -0.3 is 15.7 Å². The number of hydrogen-bond acceptors (Lipinski definition) is 6. The minimum absolute atomic E-state index is 0.0209. The van der Waals surface area contributed by atoms with Gasteiger partial charge in [-0.15, -0.1) is 0 Å². The van der Waals surface area contributed by atoms with Crippen LogP contribution in [-0.2, 0) is 0 Å². The van der Waals surface area contributed by atoms with Gasteiger partial charge in [-0.05, 0) is 69.5 Å². The Morgan fingerprint density at radius 3 is 2.63 bits per heavy atom. The van der Waals surface area contributed by atoms with Crippen molar-refractivity contribution in [2.24, 2.45) is 0 Å². The first-order chi connectivity index (χ1) is 16.8. The number of amides is 1. The molecule has 1 aliphatic rings. The molecule has 0 saturated heterocycles. The Kier molecular flexibility index (Phi) is 6.25. The topological polar surface area (TPSA) is 91.6 Å². The van der Waals surface area contributed by atoms with E-state index in [2.05, 4.69) is 15.6 Å². The molecule has 1 fully saturated rings. The summed E-state index contributed by atoms with van der Waals surface area (Å²) in [4.78, 5) is 18.3. The fourth-order valence-electron chi connectivity index (χ4n) is 3.81. The number of nitrogens with one attached hydrogen (secondary N) is 2. The third-order valence-corrected chi connectivity index (χ3v) is 6.72. The number of aryl methyl sites for hydroxylation is 1. The third kappa shape index (κ3) is 5.49. The lowest BCUT2D eigenvalue weighted by Crippen LogP contribution is -2.29. The average molecular weight is 488 g/mol. The van der Waals surface area contributed by atoms with Crippen molar-refractivity contribution in [3.8, 4) is 11.3 Å². The lowest BCUT2D eigenvalue weighted by Gasteiger charge is -2.19. The van der Waals surface area contributed by atoms with Crippen molar-refractivity contribution in [1.82, 2.24) is 19.9 Å². The molecule has 4 aromatic rings. The van der Waals surface area contributed by atoms with Crippen LogP contribution in [0.4, 0.5) is 5.69 Å². The average Bonchev–Trinajstić information content (AvgIpc) is 3.53. The maximum Gasteiger partial charge on any atom is 0.251 e. The third-order valence-electron chi connectivity index (χ3n) is 5.80. The molecule has 3 N–H and O–H groups in total. The normalized spacial score (nSPS) is 13.7. The molecule has 0 aliphatic heterocycles. The van der Waals surface area contributed by atoms with Crippen molar-refractivity contribution in [3.63, 3.8) is 0 Å². The van der Waals surface area contributed by atoms with Crippen molar-refractivity contribution >= 4 is 29.0 Å². The Labute approximate surface area is 209 Å². The highest BCUT2D eigenvalue weighted by atomic mass is 32.2. The number of aromatic nitrogens is 3. The lowest BCUT2D eigenvalue weighted by atomic mass is 10.0. The molecule has 1 aliphatic carbocycles. The Hall–Kier alpha value is -3.36. The molecule has 180 valence electrons. The minimum atomic E-state index is -0.879. The molecule has 0 unspecified atom stereocenters. The van der Waals surface area contributed by atoms with Crippen molar-refractivity contribution in [3.05, 3.63) is 71.9 Å². The van der Waals surface area contributed by atoms with Gasteiger partial charge >= 0.3 is 0 Å². The first-order valence-corrected chi connectivity index (χ1v) is 12.6. The number of nitrogens with zero attached hydrogens (tertiary/aromatic N) is 3. The molecular formula is C27H29N5O2S. The van der Waals surface area contributed by atoms with Gasteiger partial charge in [0.1, 0.15) is 5.03 Å². The van der Waals surface area contributed by atoms with E-state index in [9.17, 15) is 9.90 Å². The predicted octanol–water partition coefficient (Wildman–Crippen LogP) is 4.93. The molecule has 0 spiro atoms. The van der Waals surface area contributed by atoms with Crippen LogP contribution in [0.2, 0.25) is 0 Å². The summed E-state index contributed by atoms with van der Waals surface area (Å²) in [5.41, 5.74) is 3.95. The van der Waals surface area contributed by atoms with E-state index in [1.54, 1.807) is 31.8 Å². The zero-order valence-electron chi connectivity index (χ0n) is 20.1. The monoisotopic (exact) mass is 487 g/mol. The standard InChI is InChI=1S/C27H29N5O2S/c1-17-13-18(9-12-21(17)26(33)30-19-10-11-19)23-15-28-25-22(29-16-27(2,3)34)14-24(31-32(23)25)35-20-7-5-4-6-8-20/h4-9,12-15,19,29,34H,10-11,16H2,1-3H3,(H,30,33). The van der Waals surface area contributed by atoms with Gasteiger partial charge in [0.15, 0.2) is 5.65 Å². The molecule has 2 aromatic carbocycles. The van der Waals surface area contributed by atoms with E-state index in [1.807, 2.05) is 66.0 Å². The lowest BCUT2D eigenvalue weighted by molar-refractivity contribution is 0.0940. The van der Waals surface area contributed by atoms with Crippen LogP contribution in [0.5, 0.6) is 0 Å². The van der Waals surface area contributed by atoms with Crippen LogP contribution in [-0.4, -0.2) is 43.8 Å². The summed E-state index contributed by atoms with van der Waals surface area (Å²) in [7, 11) is 0. The summed E-state index contributed by atoms with van der Waals surface area (Å²) in [6.45, 7) is 5.85. The first-order valence-electron chi connectivity index (χ1n) is 11.8. The van der Waals surface area contributed by atoms with Crippen LogP contribution in [0.15, 0.2) is 70.7 Å².